The minimum Gasteiger partial charge on any atom is -0.496 e. The van der Waals surface area contributed by atoms with Gasteiger partial charge >= 0.3 is 0 Å². The number of aryl methyl sites for hydroxylation is 1. The smallest absolute Gasteiger partial charge is 0.125 e. The number of rotatable bonds is 3. The van der Waals surface area contributed by atoms with Crippen molar-refractivity contribution in [2.24, 2.45) is 5.73 Å². The molecule has 0 aromatic carbocycles. The summed E-state index contributed by atoms with van der Waals surface area (Å²) in [6.07, 6.45) is 2.25. The molecule has 13 heavy (non-hydrogen) atoms. The largest absolute Gasteiger partial charge is 0.496 e. The summed E-state index contributed by atoms with van der Waals surface area (Å²) in [5.41, 5.74) is 7.34. The molecule has 70 valence electrons. The van der Waals surface area contributed by atoms with Gasteiger partial charge in [0.25, 0.3) is 0 Å². The van der Waals surface area contributed by atoms with E-state index < -0.39 is 0 Å². The van der Waals surface area contributed by atoms with Crippen LogP contribution in [0.25, 0.3) is 0 Å². The van der Waals surface area contributed by atoms with Crippen LogP contribution in [-0.4, -0.2) is 17.1 Å². The number of aromatic nitrogens is 1. The first kappa shape index (κ1) is 9.92. The third-order valence-corrected chi connectivity index (χ3v) is 1.94. The van der Waals surface area contributed by atoms with Crippen LogP contribution in [-0.2, 0) is 6.42 Å². The summed E-state index contributed by atoms with van der Waals surface area (Å²) in [6.45, 7) is 1.91. The van der Waals surface area contributed by atoms with Crippen molar-refractivity contribution in [2.75, 3.05) is 7.11 Å². The van der Waals surface area contributed by atoms with Gasteiger partial charge in [-0.05, 0) is 13.0 Å². The lowest BCUT2D eigenvalue weighted by atomic mass is 10.1. The first-order chi connectivity index (χ1) is 6.15. The molecule has 0 saturated carbocycles. The monoisotopic (exact) mass is 196 g/mol. The number of pyridine rings is 1. The van der Waals surface area contributed by atoms with Crippen LogP contribution in [0.2, 0.25) is 0 Å². The van der Waals surface area contributed by atoms with E-state index in [0.29, 0.717) is 11.4 Å². The highest BCUT2D eigenvalue weighted by Gasteiger charge is 2.07. The summed E-state index contributed by atoms with van der Waals surface area (Å²) >= 11 is 4.84. The van der Waals surface area contributed by atoms with Crippen LogP contribution >= 0.6 is 12.2 Å². The van der Waals surface area contributed by atoms with Gasteiger partial charge in [0.1, 0.15) is 5.75 Å². The second-order valence-corrected chi connectivity index (χ2v) is 3.24. The number of nitrogens with two attached hydrogens (primary N) is 1. The molecule has 4 heteroatoms. The zero-order valence-corrected chi connectivity index (χ0v) is 8.52. The Morgan fingerprint density at radius 1 is 1.69 bits per heavy atom. The van der Waals surface area contributed by atoms with Gasteiger partial charge in [0.15, 0.2) is 0 Å². The average Bonchev–Trinajstić information content (AvgIpc) is 2.08. The zero-order chi connectivity index (χ0) is 9.84. The highest BCUT2D eigenvalue weighted by Crippen LogP contribution is 2.20. The van der Waals surface area contributed by atoms with Gasteiger partial charge in [-0.1, -0.05) is 12.2 Å². The van der Waals surface area contributed by atoms with Crippen LogP contribution in [0.3, 0.4) is 0 Å². The zero-order valence-electron chi connectivity index (χ0n) is 7.70. The lowest BCUT2D eigenvalue weighted by Crippen LogP contribution is -2.13. The molecule has 0 saturated heterocycles. The lowest BCUT2D eigenvalue weighted by molar-refractivity contribution is 0.410. The summed E-state index contributed by atoms with van der Waals surface area (Å²) < 4.78 is 5.17. The van der Waals surface area contributed by atoms with Crippen molar-refractivity contribution >= 4 is 17.2 Å². The SMILES string of the molecule is COc1ccnc(C)c1CC(N)=S. The Bertz CT molecular complexity index is 325. The maximum atomic E-state index is 5.47. The summed E-state index contributed by atoms with van der Waals surface area (Å²) in [6, 6.07) is 1.81. The van der Waals surface area contributed by atoms with E-state index in [2.05, 4.69) is 4.98 Å². The van der Waals surface area contributed by atoms with Gasteiger partial charge in [-0.2, -0.15) is 0 Å². The fraction of sp³-hybridized carbons (Fsp3) is 0.333. The van der Waals surface area contributed by atoms with Crippen LogP contribution < -0.4 is 10.5 Å². The van der Waals surface area contributed by atoms with Crippen molar-refractivity contribution in [1.82, 2.24) is 4.98 Å². The van der Waals surface area contributed by atoms with E-state index in [9.17, 15) is 0 Å². The molecule has 1 rings (SSSR count). The quantitative estimate of drug-likeness (QED) is 0.739. The number of hydrogen-bond acceptors (Lipinski definition) is 3. The van der Waals surface area contributed by atoms with Gasteiger partial charge in [0.2, 0.25) is 0 Å². The number of hydrogen-bond donors (Lipinski definition) is 1. The van der Waals surface area contributed by atoms with Crippen LogP contribution in [0.5, 0.6) is 5.75 Å². The van der Waals surface area contributed by atoms with E-state index in [1.807, 2.05) is 6.92 Å². The van der Waals surface area contributed by atoms with E-state index in [1.54, 1.807) is 19.4 Å². The fourth-order valence-electron chi connectivity index (χ4n) is 1.15. The second kappa shape index (κ2) is 4.18. The van der Waals surface area contributed by atoms with Crippen LogP contribution in [0.4, 0.5) is 0 Å². The second-order valence-electron chi connectivity index (χ2n) is 2.72. The number of nitrogens with zero attached hydrogens (tertiary/aromatic N) is 1. The predicted octanol–water partition coefficient (Wildman–Crippen LogP) is 1.23. The molecule has 3 nitrogen and oxygen atoms in total. The van der Waals surface area contributed by atoms with Gasteiger partial charge in [0, 0.05) is 23.9 Å². The Hall–Kier alpha value is -1.16. The van der Waals surface area contributed by atoms with Crippen molar-refractivity contribution in [2.45, 2.75) is 13.3 Å². The van der Waals surface area contributed by atoms with Crippen molar-refractivity contribution in [1.29, 1.82) is 0 Å². The molecule has 0 spiro atoms. The molecule has 0 amide bonds. The molecule has 1 aromatic heterocycles. The van der Waals surface area contributed by atoms with Gasteiger partial charge in [-0.15, -0.1) is 0 Å². The number of ether oxygens (including phenoxy) is 1. The van der Waals surface area contributed by atoms with Gasteiger partial charge in [-0.25, -0.2) is 0 Å². The van der Waals surface area contributed by atoms with E-state index in [0.717, 1.165) is 17.0 Å². The predicted molar refractivity (Wildman–Crippen MR) is 56.0 cm³/mol. The maximum Gasteiger partial charge on any atom is 0.125 e. The molecule has 0 aliphatic rings. The third-order valence-electron chi connectivity index (χ3n) is 1.80. The Morgan fingerprint density at radius 2 is 2.38 bits per heavy atom. The normalized spacial score (nSPS) is 9.69. The Kier molecular flexibility index (Phi) is 3.19. The minimum absolute atomic E-state index is 0.453. The molecular weight excluding hydrogens is 184 g/mol. The molecule has 0 unspecified atom stereocenters. The molecule has 0 atom stereocenters. The maximum absolute atomic E-state index is 5.47. The summed E-state index contributed by atoms with van der Waals surface area (Å²) in [5, 5.41) is 0. The number of methoxy groups -OCH3 is 1. The standard InChI is InChI=1S/C9H12N2OS/c1-6-7(5-9(10)13)8(12-2)3-4-11-6/h3-4H,5H2,1-2H3,(H2,10,13). The summed E-state index contributed by atoms with van der Waals surface area (Å²) in [5.74, 6) is 0.792. The van der Waals surface area contributed by atoms with Crippen molar-refractivity contribution in [3.8, 4) is 5.75 Å². The number of thiocarbonyl (C=S) groups is 1. The van der Waals surface area contributed by atoms with E-state index in [4.69, 9.17) is 22.7 Å². The highest BCUT2D eigenvalue weighted by molar-refractivity contribution is 7.80. The Labute approximate surface area is 82.9 Å². The molecule has 0 fully saturated rings. The molecular formula is C9H12N2OS. The van der Waals surface area contributed by atoms with Crippen LogP contribution in [0.15, 0.2) is 12.3 Å². The van der Waals surface area contributed by atoms with E-state index in [-0.39, 0.29) is 0 Å². The Balaban J connectivity index is 3.07. The first-order valence-corrected chi connectivity index (χ1v) is 4.32. The first-order valence-electron chi connectivity index (χ1n) is 3.92. The molecule has 1 aromatic rings. The third kappa shape index (κ3) is 2.39. The summed E-state index contributed by atoms with van der Waals surface area (Å²) in [7, 11) is 1.62. The summed E-state index contributed by atoms with van der Waals surface area (Å²) in [4.78, 5) is 4.60. The molecule has 0 radical (unpaired) electrons. The van der Waals surface area contributed by atoms with Gasteiger partial charge < -0.3 is 10.5 Å². The highest BCUT2D eigenvalue weighted by atomic mass is 32.1. The van der Waals surface area contributed by atoms with Gasteiger partial charge in [0.05, 0.1) is 12.1 Å². The molecule has 1 heterocycles. The van der Waals surface area contributed by atoms with Crippen LogP contribution in [0.1, 0.15) is 11.3 Å². The van der Waals surface area contributed by atoms with Crippen LogP contribution in [0, 0.1) is 6.92 Å². The average molecular weight is 196 g/mol. The molecule has 0 aliphatic carbocycles. The topological polar surface area (TPSA) is 48.1 Å². The van der Waals surface area contributed by atoms with E-state index in [1.165, 1.54) is 0 Å². The minimum atomic E-state index is 0.453. The molecule has 2 N–H and O–H groups in total. The van der Waals surface area contributed by atoms with Crippen molar-refractivity contribution < 1.29 is 4.74 Å². The fourth-order valence-corrected chi connectivity index (χ4v) is 1.30. The Morgan fingerprint density at radius 3 is 2.92 bits per heavy atom. The molecule has 0 bridgehead atoms. The molecule has 0 aliphatic heterocycles. The van der Waals surface area contributed by atoms with Crippen molar-refractivity contribution in [3.63, 3.8) is 0 Å². The van der Waals surface area contributed by atoms with Crippen molar-refractivity contribution in [3.05, 3.63) is 23.5 Å². The lowest BCUT2D eigenvalue weighted by Gasteiger charge is -2.09. The van der Waals surface area contributed by atoms with E-state index >= 15 is 0 Å². The van der Waals surface area contributed by atoms with Gasteiger partial charge in [-0.3, -0.25) is 4.98 Å².